The van der Waals surface area contributed by atoms with Crippen LogP contribution < -0.4 is 5.32 Å². The van der Waals surface area contributed by atoms with Crippen LogP contribution in [0.15, 0.2) is 70.8 Å². The molecule has 1 heterocycles. The smallest absolute Gasteiger partial charge is 0.270 e. The van der Waals surface area contributed by atoms with Crippen molar-refractivity contribution in [1.82, 2.24) is 10.2 Å². The number of rotatable bonds is 9. The Bertz CT molecular complexity index is 1150. The lowest BCUT2D eigenvalue weighted by Gasteiger charge is -2.25. The number of thiocarbonyl (C=S) groups is 1. The van der Waals surface area contributed by atoms with E-state index in [1.54, 1.807) is 37.4 Å². The first kappa shape index (κ1) is 23.7. The van der Waals surface area contributed by atoms with Crippen LogP contribution in [0.25, 0.3) is 17.4 Å². The fourth-order valence-corrected chi connectivity index (χ4v) is 3.50. The Morgan fingerprint density at radius 2 is 1.88 bits per heavy atom. The second kappa shape index (κ2) is 11.1. The van der Waals surface area contributed by atoms with Crippen LogP contribution in [-0.4, -0.2) is 35.7 Å². The van der Waals surface area contributed by atoms with Crippen LogP contribution in [0.3, 0.4) is 0 Å². The summed E-state index contributed by atoms with van der Waals surface area (Å²) in [5.74, 6) is 0.594. The van der Waals surface area contributed by atoms with Gasteiger partial charge in [0.2, 0.25) is 0 Å². The molecular formula is C24H20Cl2N2O3S. The quantitative estimate of drug-likeness (QED) is 0.249. The highest BCUT2D eigenvalue weighted by Crippen LogP contribution is 2.30. The predicted molar refractivity (Wildman–Crippen MR) is 132 cm³/mol. The Balaban J connectivity index is 1.82. The molecule has 1 atom stereocenters. The Kier molecular flexibility index (Phi) is 8.22. The second-order valence-corrected chi connectivity index (χ2v) is 8.01. The molecule has 1 unspecified atom stereocenters. The van der Waals surface area contributed by atoms with Crippen molar-refractivity contribution in [2.45, 2.75) is 12.5 Å². The molecule has 8 heteroatoms. The molecule has 0 aliphatic carbocycles. The second-order valence-electron chi connectivity index (χ2n) is 6.96. The van der Waals surface area contributed by atoms with Crippen LogP contribution in [-0.2, 0) is 16.0 Å². The summed E-state index contributed by atoms with van der Waals surface area (Å²) in [6, 6.07) is 17.5. The van der Waals surface area contributed by atoms with Crippen molar-refractivity contribution in [2.75, 3.05) is 7.05 Å². The highest BCUT2D eigenvalue weighted by atomic mass is 35.5. The van der Waals surface area contributed by atoms with E-state index in [4.69, 9.17) is 39.8 Å². The molecule has 0 spiro atoms. The lowest BCUT2D eigenvalue weighted by Crippen LogP contribution is -2.42. The zero-order chi connectivity index (χ0) is 23.1. The first-order valence-electron chi connectivity index (χ1n) is 9.66. The van der Waals surface area contributed by atoms with E-state index >= 15 is 0 Å². The van der Waals surface area contributed by atoms with E-state index in [0.29, 0.717) is 28.0 Å². The molecule has 0 radical (unpaired) electrons. The predicted octanol–water partition coefficient (Wildman–Crippen LogP) is 5.41. The third-order valence-corrected chi connectivity index (χ3v) is 5.68. The summed E-state index contributed by atoms with van der Waals surface area (Å²) < 4.78 is 5.85. The highest BCUT2D eigenvalue weighted by molar-refractivity contribution is 7.78. The van der Waals surface area contributed by atoms with Gasteiger partial charge in [0.25, 0.3) is 5.91 Å². The molecule has 164 valence electrons. The molecule has 0 saturated heterocycles. The Hall–Kier alpha value is -2.93. The van der Waals surface area contributed by atoms with Crippen LogP contribution in [0.2, 0.25) is 10.0 Å². The standard InChI is InChI=1S/C24H20Cl2N2O3S/c1-28(18(14-29)11-16-5-3-2-4-6-16)24(30)22(27-15-32)13-19-8-10-23(31-19)17-7-9-20(25)21(26)12-17/h2-10,12-15,18H,11H2,1H3,(H,27,32)/b22-13+. The molecule has 0 aliphatic heterocycles. The maximum Gasteiger partial charge on any atom is 0.270 e. The minimum absolute atomic E-state index is 0.178. The summed E-state index contributed by atoms with van der Waals surface area (Å²) >= 11 is 16.9. The Morgan fingerprint density at radius 1 is 1.12 bits per heavy atom. The van der Waals surface area contributed by atoms with Gasteiger partial charge in [0.1, 0.15) is 23.5 Å². The number of nitrogens with one attached hydrogen (secondary N) is 1. The molecule has 32 heavy (non-hydrogen) atoms. The van der Waals surface area contributed by atoms with Crippen molar-refractivity contribution >= 4 is 59.2 Å². The lowest BCUT2D eigenvalue weighted by atomic mass is 10.1. The molecule has 3 aromatic rings. The topological polar surface area (TPSA) is 62.6 Å². The number of likely N-dealkylation sites (N-methyl/N-ethyl adjacent to an activating group) is 1. The molecule has 0 aliphatic rings. The third-order valence-electron chi connectivity index (χ3n) is 4.82. The number of carbonyl (C=O) groups excluding carboxylic acids is 2. The maximum absolute atomic E-state index is 13.1. The third kappa shape index (κ3) is 5.85. The zero-order valence-corrected chi connectivity index (χ0v) is 19.5. The van der Waals surface area contributed by atoms with Crippen LogP contribution in [0.4, 0.5) is 0 Å². The van der Waals surface area contributed by atoms with Gasteiger partial charge in [-0.05, 0) is 42.3 Å². The molecule has 1 aromatic heterocycles. The zero-order valence-electron chi connectivity index (χ0n) is 17.1. The van der Waals surface area contributed by atoms with Gasteiger partial charge in [0.15, 0.2) is 0 Å². The largest absolute Gasteiger partial charge is 0.457 e. The Morgan fingerprint density at radius 3 is 2.53 bits per heavy atom. The van der Waals surface area contributed by atoms with Crippen molar-refractivity contribution in [2.24, 2.45) is 0 Å². The molecule has 0 fully saturated rings. The fraction of sp³-hybridized carbons (Fsp3) is 0.125. The van der Waals surface area contributed by atoms with Gasteiger partial charge < -0.3 is 19.4 Å². The van der Waals surface area contributed by atoms with E-state index in [1.165, 1.54) is 16.5 Å². The summed E-state index contributed by atoms with van der Waals surface area (Å²) in [5.41, 5.74) is 3.11. The van der Waals surface area contributed by atoms with Crippen molar-refractivity contribution in [1.29, 1.82) is 0 Å². The summed E-state index contributed by atoms with van der Waals surface area (Å²) in [7, 11) is 1.58. The molecule has 0 bridgehead atoms. The number of benzene rings is 2. The van der Waals surface area contributed by atoms with Gasteiger partial charge in [-0.15, -0.1) is 0 Å². The molecule has 2 aromatic carbocycles. The van der Waals surface area contributed by atoms with E-state index < -0.39 is 11.9 Å². The summed E-state index contributed by atoms with van der Waals surface area (Å²) in [6.07, 6.45) is 2.70. The van der Waals surface area contributed by atoms with Crippen LogP contribution in [0.5, 0.6) is 0 Å². The average Bonchev–Trinajstić information content (AvgIpc) is 3.27. The van der Waals surface area contributed by atoms with E-state index in [2.05, 4.69) is 5.32 Å². The number of hydrogen-bond acceptors (Lipinski definition) is 4. The number of halogens is 2. The van der Waals surface area contributed by atoms with Crippen molar-refractivity contribution < 1.29 is 14.0 Å². The van der Waals surface area contributed by atoms with Crippen LogP contribution in [0, 0.1) is 0 Å². The van der Waals surface area contributed by atoms with Gasteiger partial charge in [-0.3, -0.25) is 4.79 Å². The van der Waals surface area contributed by atoms with Crippen molar-refractivity contribution in [3.63, 3.8) is 0 Å². The average molecular weight is 487 g/mol. The number of hydrogen-bond donors (Lipinski definition) is 1. The monoisotopic (exact) mass is 486 g/mol. The first-order chi connectivity index (χ1) is 15.4. The van der Waals surface area contributed by atoms with Crippen LogP contribution >= 0.6 is 35.4 Å². The highest BCUT2D eigenvalue weighted by Gasteiger charge is 2.23. The van der Waals surface area contributed by atoms with Crippen LogP contribution in [0.1, 0.15) is 11.3 Å². The van der Waals surface area contributed by atoms with Gasteiger partial charge in [-0.25, -0.2) is 0 Å². The van der Waals surface area contributed by atoms with Gasteiger partial charge in [0, 0.05) is 18.7 Å². The van der Waals surface area contributed by atoms with E-state index in [9.17, 15) is 9.59 Å². The minimum Gasteiger partial charge on any atom is -0.457 e. The minimum atomic E-state index is -0.636. The number of nitrogens with zero attached hydrogens (tertiary/aromatic N) is 1. The van der Waals surface area contributed by atoms with E-state index in [-0.39, 0.29) is 5.70 Å². The summed E-state index contributed by atoms with van der Waals surface area (Å²) in [5, 5.41) is 3.63. The van der Waals surface area contributed by atoms with Gasteiger partial charge in [0.05, 0.1) is 21.6 Å². The normalized spacial score (nSPS) is 12.2. The van der Waals surface area contributed by atoms with Gasteiger partial charge in [-0.2, -0.15) is 0 Å². The number of aldehydes is 1. The van der Waals surface area contributed by atoms with Gasteiger partial charge >= 0.3 is 0 Å². The number of furan rings is 1. The molecule has 3 rings (SSSR count). The number of amides is 1. The first-order valence-corrected chi connectivity index (χ1v) is 10.9. The lowest BCUT2D eigenvalue weighted by molar-refractivity contribution is -0.131. The Labute approximate surface area is 201 Å². The molecular weight excluding hydrogens is 467 g/mol. The van der Waals surface area contributed by atoms with Crippen molar-refractivity contribution in [3.8, 4) is 11.3 Å². The molecule has 0 saturated carbocycles. The molecule has 5 nitrogen and oxygen atoms in total. The maximum atomic E-state index is 13.1. The van der Waals surface area contributed by atoms with E-state index in [0.717, 1.165) is 17.4 Å². The summed E-state index contributed by atoms with van der Waals surface area (Å²) in [6.45, 7) is 0. The van der Waals surface area contributed by atoms with Gasteiger partial charge in [-0.1, -0.05) is 65.8 Å². The number of carbonyl (C=O) groups is 2. The SMILES string of the molecule is CN(C(=O)/C(=C\c1ccc(-c2ccc(Cl)c(Cl)c2)o1)NC=S)C(C=O)Cc1ccccc1. The van der Waals surface area contributed by atoms with E-state index in [1.807, 2.05) is 30.3 Å². The fourth-order valence-electron chi connectivity index (χ4n) is 3.08. The molecule has 1 amide bonds. The molecule has 1 N–H and O–H groups in total. The summed E-state index contributed by atoms with van der Waals surface area (Å²) in [4.78, 5) is 26.2. The van der Waals surface area contributed by atoms with Crippen molar-refractivity contribution in [3.05, 3.63) is 87.7 Å².